The van der Waals surface area contributed by atoms with Crippen LogP contribution in [0.25, 0.3) is 0 Å². The van der Waals surface area contributed by atoms with Gasteiger partial charge in [0.25, 0.3) is 5.91 Å². The Balaban J connectivity index is 1.18. The summed E-state index contributed by atoms with van der Waals surface area (Å²) >= 11 is 1.51. The predicted octanol–water partition coefficient (Wildman–Crippen LogP) is 6.42. The maximum absolute atomic E-state index is 12.8. The highest BCUT2D eigenvalue weighted by Crippen LogP contribution is 2.33. The third-order valence-electron chi connectivity index (χ3n) is 7.28. The van der Waals surface area contributed by atoms with Gasteiger partial charge in [0.2, 0.25) is 6.79 Å². The molecule has 1 amide bonds. The van der Waals surface area contributed by atoms with Crippen LogP contribution in [0.5, 0.6) is 11.5 Å². The lowest BCUT2D eigenvalue weighted by atomic mass is 9.88. The first-order valence-electron chi connectivity index (χ1n) is 14.0. The molecule has 3 aromatic carbocycles. The van der Waals surface area contributed by atoms with E-state index in [0.717, 1.165) is 40.7 Å². The molecule has 0 fully saturated rings. The van der Waals surface area contributed by atoms with Crippen LogP contribution in [0.15, 0.2) is 109 Å². The van der Waals surface area contributed by atoms with E-state index in [2.05, 4.69) is 88.0 Å². The van der Waals surface area contributed by atoms with Crippen molar-refractivity contribution in [2.45, 2.75) is 32.0 Å². The molecule has 0 spiro atoms. The zero-order chi connectivity index (χ0) is 28.6. The standard InChI is InChI=1S/C34H32N4O3S/c39-34(36-20-28-13-7-8-17-35-28)30-23-42-33(37-30)22-38(21-25-14-15-31-32(19-25)41-24-40-31)18-16-29(26-9-3-1-4-10-26)27-11-5-2-6-12-27/h1-15,17,19,23,29H,16,18,20-22,24H2,(H,36,39). The molecule has 1 N–H and O–H groups in total. The smallest absolute Gasteiger partial charge is 0.271 e. The number of rotatable bonds is 12. The fourth-order valence-electron chi connectivity index (χ4n) is 5.16. The van der Waals surface area contributed by atoms with Crippen LogP contribution in [0.1, 0.15) is 50.2 Å². The van der Waals surface area contributed by atoms with E-state index < -0.39 is 0 Å². The van der Waals surface area contributed by atoms with Gasteiger partial charge in [-0.2, -0.15) is 0 Å². The molecule has 0 radical (unpaired) electrons. The first kappa shape index (κ1) is 27.6. The van der Waals surface area contributed by atoms with Crippen molar-refractivity contribution in [3.05, 3.63) is 142 Å². The Labute approximate surface area is 249 Å². The zero-order valence-electron chi connectivity index (χ0n) is 23.2. The molecule has 0 unspecified atom stereocenters. The molecule has 6 rings (SSSR count). The second-order valence-electron chi connectivity index (χ2n) is 10.2. The average molecular weight is 577 g/mol. The van der Waals surface area contributed by atoms with E-state index in [1.807, 2.05) is 29.6 Å². The lowest BCUT2D eigenvalue weighted by Crippen LogP contribution is -2.26. The van der Waals surface area contributed by atoms with Crippen molar-refractivity contribution < 1.29 is 14.3 Å². The largest absolute Gasteiger partial charge is 0.454 e. The molecule has 0 saturated heterocycles. The van der Waals surface area contributed by atoms with Crippen LogP contribution < -0.4 is 14.8 Å². The predicted molar refractivity (Wildman–Crippen MR) is 164 cm³/mol. The maximum atomic E-state index is 12.8. The Bertz CT molecular complexity index is 1560. The fourth-order valence-corrected chi connectivity index (χ4v) is 5.98. The number of nitrogens with one attached hydrogen (secondary N) is 1. The molecule has 2 aromatic heterocycles. The van der Waals surface area contributed by atoms with Crippen LogP contribution in [0.4, 0.5) is 0 Å². The molecule has 1 aliphatic heterocycles. The van der Waals surface area contributed by atoms with Crippen LogP contribution in [0.2, 0.25) is 0 Å². The lowest BCUT2D eigenvalue weighted by molar-refractivity contribution is 0.0945. The van der Waals surface area contributed by atoms with Crippen molar-refractivity contribution >= 4 is 17.2 Å². The number of carbonyl (C=O) groups excluding carboxylic acids is 1. The number of carbonyl (C=O) groups is 1. The fraction of sp³-hybridized carbons (Fsp3) is 0.206. The average Bonchev–Trinajstić information content (AvgIpc) is 3.71. The normalized spacial score (nSPS) is 12.1. The van der Waals surface area contributed by atoms with Crippen molar-refractivity contribution in [2.24, 2.45) is 0 Å². The van der Waals surface area contributed by atoms with Crippen molar-refractivity contribution in [3.8, 4) is 11.5 Å². The number of amides is 1. The molecular weight excluding hydrogens is 544 g/mol. The van der Waals surface area contributed by atoms with Gasteiger partial charge in [-0.25, -0.2) is 4.98 Å². The van der Waals surface area contributed by atoms with Crippen molar-refractivity contribution in [1.29, 1.82) is 0 Å². The summed E-state index contributed by atoms with van der Waals surface area (Å²) < 4.78 is 11.2. The molecule has 1 aliphatic rings. The topological polar surface area (TPSA) is 76.6 Å². The molecule has 0 atom stereocenters. The Kier molecular flexibility index (Phi) is 8.83. The molecule has 7 nitrogen and oxygen atoms in total. The van der Waals surface area contributed by atoms with Crippen LogP contribution in [-0.2, 0) is 19.6 Å². The number of ether oxygens (including phenoxy) is 2. The van der Waals surface area contributed by atoms with Gasteiger partial charge in [0, 0.05) is 24.0 Å². The van der Waals surface area contributed by atoms with E-state index in [4.69, 9.17) is 14.5 Å². The highest BCUT2D eigenvalue weighted by Gasteiger charge is 2.20. The summed E-state index contributed by atoms with van der Waals surface area (Å²) in [6.07, 6.45) is 2.65. The van der Waals surface area contributed by atoms with E-state index in [1.165, 1.54) is 22.5 Å². The quantitative estimate of drug-likeness (QED) is 0.185. The van der Waals surface area contributed by atoms with Gasteiger partial charge in [0.05, 0.1) is 18.8 Å². The third-order valence-corrected chi connectivity index (χ3v) is 8.11. The van der Waals surface area contributed by atoms with E-state index in [1.54, 1.807) is 6.20 Å². The number of hydrogen-bond donors (Lipinski definition) is 1. The highest BCUT2D eigenvalue weighted by molar-refractivity contribution is 7.09. The number of pyridine rings is 1. The zero-order valence-corrected chi connectivity index (χ0v) is 24.0. The van der Waals surface area contributed by atoms with E-state index in [9.17, 15) is 4.79 Å². The van der Waals surface area contributed by atoms with Gasteiger partial charge in [-0.15, -0.1) is 11.3 Å². The molecule has 3 heterocycles. The van der Waals surface area contributed by atoms with E-state index >= 15 is 0 Å². The maximum Gasteiger partial charge on any atom is 0.271 e. The molecule has 8 heteroatoms. The third kappa shape index (κ3) is 7.02. The first-order valence-corrected chi connectivity index (χ1v) is 14.9. The summed E-state index contributed by atoms with van der Waals surface area (Å²) in [4.78, 5) is 24.2. The van der Waals surface area contributed by atoms with Gasteiger partial charge in [-0.1, -0.05) is 72.8 Å². The monoisotopic (exact) mass is 576 g/mol. The molecule has 212 valence electrons. The summed E-state index contributed by atoms with van der Waals surface area (Å²) in [6, 6.07) is 33.1. The lowest BCUT2D eigenvalue weighted by Gasteiger charge is -2.25. The summed E-state index contributed by atoms with van der Waals surface area (Å²) in [7, 11) is 0. The number of nitrogens with zero attached hydrogens (tertiary/aromatic N) is 3. The number of benzene rings is 3. The number of hydrogen-bond acceptors (Lipinski definition) is 7. The van der Waals surface area contributed by atoms with E-state index in [0.29, 0.717) is 25.3 Å². The van der Waals surface area contributed by atoms with Gasteiger partial charge in [-0.05, 0) is 53.9 Å². The summed E-state index contributed by atoms with van der Waals surface area (Å²) in [5.41, 5.74) is 4.98. The van der Waals surface area contributed by atoms with Crippen LogP contribution in [0.3, 0.4) is 0 Å². The van der Waals surface area contributed by atoms with Gasteiger partial charge in [0.1, 0.15) is 10.7 Å². The second-order valence-corrected chi connectivity index (χ2v) is 11.1. The van der Waals surface area contributed by atoms with Crippen LogP contribution in [0, 0.1) is 0 Å². The number of thiazole rings is 1. The van der Waals surface area contributed by atoms with E-state index in [-0.39, 0.29) is 18.6 Å². The molecule has 42 heavy (non-hydrogen) atoms. The number of aromatic nitrogens is 2. The first-order chi connectivity index (χ1) is 20.7. The summed E-state index contributed by atoms with van der Waals surface area (Å²) in [5, 5.41) is 5.66. The summed E-state index contributed by atoms with van der Waals surface area (Å²) in [5.74, 6) is 1.62. The molecule has 0 bridgehead atoms. The van der Waals surface area contributed by atoms with Crippen molar-refractivity contribution in [2.75, 3.05) is 13.3 Å². The highest BCUT2D eigenvalue weighted by atomic mass is 32.1. The van der Waals surface area contributed by atoms with Gasteiger partial charge < -0.3 is 14.8 Å². The van der Waals surface area contributed by atoms with Gasteiger partial charge >= 0.3 is 0 Å². The number of fused-ring (bicyclic) bond motifs is 1. The Morgan fingerprint density at radius 2 is 1.62 bits per heavy atom. The Hall–Kier alpha value is -4.53. The minimum Gasteiger partial charge on any atom is -0.454 e. The molecule has 0 saturated carbocycles. The Morgan fingerprint density at radius 1 is 0.881 bits per heavy atom. The molecule has 5 aromatic rings. The van der Waals surface area contributed by atoms with Crippen molar-refractivity contribution in [3.63, 3.8) is 0 Å². The van der Waals surface area contributed by atoms with Crippen molar-refractivity contribution in [1.82, 2.24) is 20.2 Å². The minimum absolute atomic E-state index is 0.196. The molecule has 0 aliphatic carbocycles. The SMILES string of the molecule is O=C(NCc1ccccn1)c1csc(CN(CCC(c2ccccc2)c2ccccc2)Cc2ccc3c(c2)OCO3)n1. The van der Waals surface area contributed by atoms with Gasteiger partial charge in [-0.3, -0.25) is 14.7 Å². The minimum atomic E-state index is -0.196. The Morgan fingerprint density at radius 3 is 2.36 bits per heavy atom. The van der Waals surface area contributed by atoms with Crippen LogP contribution in [-0.4, -0.2) is 34.1 Å². The molecular formula is C34H32N4O3S. The van der Waals surface area contributed by atoms with Gasteiger partial charge in [0.15, 0.2) is 11.5 Å². The second kappa shape index (κ2) is 13.4. The summed E-state index contributed by atoms with van der Waals surface area (Å²) in [6.45, 7) is 2.80. The van der Waals surface area contributed by atoms with Crippen LogP contribution >= 0.6 is 11.3 Å².